The van der Waals surface area contributed by atoms with Crippen molar-refractivity contribution in [2.75, 3.05) is 6.54 Å². The molecule has 0 spiro atoms. The summed E-state index contributed by atoms with van der Waals surface area (Å²) >= 11 is 0. The predicted molar refractivity (Wildman–Crippen MR) is 93.8 cm³/mol. The zero-order chi connectivity index (χ0) is 14.8. The Kier molecular flexibility index (Phi) is 8.14. The second-order valence-corrected chi connectivity index (χ2v) is 8.21. The summed E-state index contributed by atoms with van der Waals surface area (Å²) in [5.41, 5.74) is 0.599. The molecule has 0 amide bonds. The fraction of sp³-hybridized carbons (Fsp3) is 1.00. The Labute approximate surface area is 133 Å². The van der Waals surface area contributed by atoms with Gasteiger partial charge in [-0.15, -0.1) is 0 Å². The first-order valence-electron chi connectivity index (χ1n) is 10.0. The summed E-state index contributed by atoms with van der Waals surface area (Å²) in [5.74, 6) is 0. The molecule has 0 saturated heterocycles. The molecule has 1 N–H and O–H groups in total. The van der Waals surface area contributed by atoms with Gasteiger partial charge < -0.3 is 5.32 Å². The minimum Gasteiger partial charge on any atom is -0.313 e. The molecule has 0 radical (unpaired) electrons. The van der Waals surface area contributed by atoms with E-state index in [1.54, 1.807) is 0 Å². The van der Waals surface area contributed by atoms with Crippen LogP contribution in [0.2, 0.25) is 0 Å². The van der Waals surface area contributed by atoms with E-state index < -0.39 is 0 Å². The van der Waals surface area contributed by atoms with Crippen molar-refractivity contribution in [3.8, 4) is 0 Å². The smallest absolute Gasteiger partial charge is 0.00672 e. The van der Waals surface area contributed by atoms with E-state index in [9.17, 15) is 0 Å². The lowest BCUT2D eigenvalue weighted by Crippen LogP contribution is -2.39. The molecule has 0 aromatic rings. The molecule has 2 saturated carbocycles. The molecule has 0 atom stereocenters. The standard InChI is InChI=1S/C20H39N/c1-20(16-12-9-13-17-20)18-21-19-14-10-7-5-3-2-4-6-8-11-15-19/h19,21H,2-18H2,1H3. The van der Waals surface area contributed by atoms with Crippen LogP contribution in [0.5, 0.6) is 0 Å². The van der Waals surface area contributed by atoms with Crippen molar-refractivity contribution in [1.29, 1.82) is 0 Å². The number of rotatable bonds is 3. The van der Waals surface area contributed by atoms with Gasteiger partial charge in [0, 0.05) is 12.6 Å². The molecule has 124 valence electrons. The van der Waals surface area contributed by atoms with Gasteiger partial charge in [-0.3, -0.25) is 0 Å². The fourth-order valence-electron chi connectivity index (χ4n) is 4.34. The first-order chi connectivity index (χ1) is 10.3. The Morgan fingerprint density at radius 1 is 0.667 bits per heavy atom. The summed E-state index contributed by atoms with van der Waals surface area (Å²) < 4.78 is 0. The van der Waals surface area contributed by atoms with Gasteiger partial charge in [0.25, 0.3) is 0 Å². The van der Waals surface area contributed by atoms with E-state index in [4.69, 9.17) is 0 Å². The highest BCUT2D eigenvalue weighted by atomic mass is 14.9. The third-order valence-corrected chi connectivity index (χ3v) is 5.98. The third-order valence-electron chi connectivity index (χ3n) is 5.98. The Bertz CT molecular complexity index is 243. The van der Waals surface area contributed by atoms with Crippen molar-refractivity contribution in [3.63, 3.8) is 0 Å². The third kappa shape index (κ3) is 7.17. The van der Waals surface area contributed by atoms with E-state index >= 15 is 0 Å². The maximum atomic E-state index is 3.98. The minimum atomic E-state index is 0.599. The summed E-state index contributed by atoms with van der Waals surface area (Å²) in [5, 5.41) is 3.98. The monoisotopic (exact) mass is 293 g/mol. The Morgan fingerprint density at radius 3 is 1.62 bits per heavy atom. The topological polar surface area (TPSA) is 12.0 Å². The van der Waals surface area contributed by atoms with Gasteiger partial charge in [-0.05, 0) is 31.1 Å². The van der Waals surface area contributed by atoms with Crippen LogP contribution in [0.15, 0.2) is 0 Å². The van der Waals surface area contributed by atoms with E-state index in [-0.39, 0.29) is 0 Å². The van der Waals surface area contributed by atoms with Gasteiger partial charge in [-0.1, -0.05) is 84.0 Å². The SMILES string of the molecule is CC1(CNC2CCCCCCCCCCC2)CCCCC1. The van der Waals surface area contributed by atoms with Gasteiger partial charge in [0.05, 0.1) is 0 Å². The summed E-state index contributed by atoms with van der Waals surface area (Å²) in [6, 6.07) is 0.808. The van der Waals surface area contributed by atoms with Crippen molar-refractivity contribution >= 4 is 0 Å². The maximum Gasteiger partial charge on any atom is 0.00672 e. The fourth-order valence-corrected chi connectivity index (χ4v) is 4.34. The van der Waals surface area contributed by atoms with Crippen LogP contribution in [0.4, 0.5) is 0 Å². The van der Waals surface area contributed by atoms with Gasteiger partial charge in [0.1, 0.15) is 0 Å². The first kappa shape index (κ1) is 17.3. The molecule has 2 fully saturated rings. The quantitative estimate of drug-likeness (QED) is 0.651. The van der Waals surface area contributed by atoms with Crippen LogP contribution in [-0.4, -0.2) is 12.6 Å². The molecule has 1 nitrogen and oxygen atoms in total. The van der Waals surface area contributed by atoms with Crippen molar-refractivity contribution in [2.24, 2.45) is 5.41 Å². The van der Waals surface area contributed by atoms with E-state index in [0.29, 0.717) is 5.41 Å². The number of hydrogen-bond acceptors (Lipinski definition) is 1. The van der Waals surface area contributed by atoms with E-state index in [2.05, 4.69) is 12.2 Å². The van der Waals surface area contributed by atoms with Crippen LogP contribution in [0.1, 0.15) is 110 Å². The molecule has 0 aromatic heterocycles. The summed E-state index contributed by atoms with van der Waals surface area (Å²) in [6.07, 6.45) is 23.4. The van der Waals surface area contributed by atoms with E-state index in [1.165, 1.54) is 109 Å². The Hall–Kier alpha value is -0.0400. The van der Waals surface area contributed by atoms with Gasteiger partial charge in [0.2, 0.25) is 0 Å². The summed E-state index contributed by atoms with van der Waals surface area (Å²) in [6.45, 7) is 3.80. The molecule has 21 heavy (non-hydrogen) atoms. The second kappa shape index (κ2) is 9.87. The number of nitrogens with one attached hydrogen (secondary N) is 1. The number of hydrogen-bond donors (Lipinski definition) is 1. The molecule has 0 aromatic carbocycles. The van der Waals surface area contributed by atoms with Gasteiger partial charge in [-0.2, -0.15) is 0 Å². The van der Waals surface area contributed by atoms with Crippen molar-refractivity contribution in [2.45, 2.75) is 116 Å². The van der Waals surface area contributed by atoms with Crippen LogP contribution in [-0.2, 0) is 0 Å². The highest BCUT2D eigenvalue weighted by Crippen LogP contribution is 2.35. The lowest BCUT2D eigenvalue weighted by molar-refractivity contribution is 0.195. The average molecular weight is 294 g/mol. The molecule has 0 unspecified atom stereocenters. The zero-order valence-corrected chi connectivity index (χ0v) is 14.6. The Balaban J connectivity index is 1.72. The van der Waals surface area contributed by atoms with Crippen LogP contribution in [0, 0.1) is 5.41 Å². The maximum absolute atomic E-state index is 3.98. The largest absolute Gasteiger partial charge is 0.313 e. The van der Waals surface area contributed by atoms with Gasteiger partial charge >= 0.3 is 0 Å². The summed E-state index contributed by atoms with van der Waals surface area (Å²) in [4.78, 5) is 0. The predicted octanol–water partition coefficient (Wildman–Crippen LogP) is 6.22. The normalized spacial score (nSPS) is 26.7. The molecular weight excluding hydrogens is 254 g/mol. The second-order valence-electron chi connectivity index (χ2n) is 8.21. The molecule has 2 aliphatic carbocycles. The molecule has 1 heteroatoms. The lowest BCUT2D eigenvalue weighted by atomic mass is 9.75. The molecule has 0 bridgehead atoms. The average Bonchev–Trinajstić information content (AvgIpc) is 2.47. The molecule has 2 aliphatic rings. The van der Waals surface area contributed by atoms with Crippen LogP contribution >= 0.6 is 0 Å². The molecule has 0 aliphatic heterocycles. The van der Waals surface area contributed by atoms with Gasteiger partial charge in [0.15, 0.2) is 0 Å². The van der Waals surface area contributed by atoms with Crippen LogP contribution in [0.25, 0.3) is 0 Å². The van der Waals surface area contributed by atoms with Crippen LogP contribution < -0.4 is 5.32 Å². The van der Waals surface area contributed by atoms with Crippen molar-refractivity contribution < 1.29 is 0 Å². The van der Waals surface area contributed by atoms with Crippen molar-refractivity contribution in [1.82, 2.24) is 5.32 Å². The van der Waals surface area contributed by atoms with Crippen molar-refractivity contribution in [3.05, 3.63) is 0 Å². The first-order valence-corrected chi connectivity index (χ1v) is 10.0. The highest BCUT2D eigenvalue weighted by molar-refractivity contribution is 4.82. The zero-order valence-electron chi connectivity index (χ0n) is 14.6. The van der Waals surface area contributed by atoms with E-state index in [0.717, 1.165) is 6.04 Å². The van der Waals surface area contributed by atoms with Gasteiger partial charge in [-0.25, -0.2) is 0 Å². The Morgan fingerprint density at radius 2 is 1.10 bits per heavy atom. The van der Waals surface area contributed by atoms with E-state index in [1.807, 2.05) is 0 Å². The van der Waals surface area contributed by atoms with Crippen LogP contribution in [0.3, 0.4) is 0 Å². The molecule has 0 heterocycles. The minimum absolute atomic E-state index is 0.599. The molecule has 2 rings (SSSR count). The lowest BCUT2D eigenvalue weighted by Gasteiger charge is -2.35. The highest BCUT2D eigenvalue weighted by Gasteiger charge is 2.27. The molecular formula is C20H39N. The summed E-state index contributed by atoms with van der Waals surface area (Å²) in [7, 11) is 0.